The number of hydrogen-bond acceptors (Lipinski definition) is 7. The van der Waals surface area contributed by atoms with E-state index in [2.05, 4.69) is 0 Å². The summed E-state index contributed by atoms with van der Waals surface area (Å²) in [6.07, 6.45) is 1.51. The maximum atomic E-state index is 13.1. The third-order valence-electron chi connectivity index (χ3n) is 5.15. The van der Waals surface area contributed by atoms with Gasteiger partial charge in [-0.05, 0) is 47.0 Å². The van der Waals surface area contributed by atoms with Gasteiger partial charge in [-0.2, -0.15) is 0 Å². The van der Waals surface area contributed by atoms with E-state index in [1.165, 1.54) is 25.6 Å². The third-order valence-corrected chi connectivity index (χ3v) is 5.15. The highest BCUT2D eigenvalue weighted by Gasteiger charge is 2.25. The van der Waals surface area contributed by atoms with Crippen molar-refractivity contribution in [2.75, 3.05) is 0 Å². The summed E-state index contributed by atoms with van der Waals surface area (Å²) in [7, 11) is 2.90. The Balaban J connectivity index is 2.35. The molecule has 11 nitrogen and oxygen atoms in total. The van der Waals surface area contributed by atoms with Crippen molar-refractivity contribution in [2.45, 2.75) is 73.3 Å². The first kappa shape index (κ1) is 25.2. The first-order chi connectivity index (χ1) is 14.8. The molecule has 1 unspecified atom stereocenters. The van der Waals surface area contributed by atoms with Gasteiger partial charge in [-0.25, -0.2) is 14.2 Å². The lowest BCUT2D eigenvalue weighted by Gasteiger charge is -2.17. The Morgan fingerprint density at radius 2 is 1.56 bits per heavy atom. The molecule has 0 saturated heterocycles. The van der Waals surface area contributed by atoms with Gasteiger partial charge in [0.1, 0.15) is 0 Å². The number of carbonyl (C=O) groups is 2. The van der Waals surface area contributed by atoms with Crippen molar-refractivity contribution in [1.29, 1.82) is 0 Å². The van der Waals surface area contributed by atoms with Crippen LogP contribution in [0.15, 0.2) is 14.4 Å². The smallest absolute Gasteiger partial charge is 0.332 e. The molecule has 0 aliphatic heterocycles. The van der Waals surface area contributed by atoms with Gasteiger partial charge >= 0.3 is 23.3 Å². The van der Waals surface area contributed by atoms with Crippen molar-refractivity contribution < 1.29 is 19.1 Å². The van der Waals surface area contributed by atoms with Crippen molar-refractivity contribution in [2.24, 2.45) is 19.5 Å². The molecule has 11 heteroatoms. The summed E-state index contributed by atoms with van der Waals surface area (Å²) in [5.74, 6) is -0.866. The van der Waals surface area contributed by atoms with E-state index in [0.29, 0.717) is 19.3 Å². The number of ether oxygens (including phenoxy) is 2. The molecular weight excluding hydrogens is 420 g/mol. The van der Waals surface area contributed by atoms with E-state index in [9.17, 15) is 24.0 Å². The van der Waals surface area contributed by atoms with E-state index in [1.807, 2.05) is 0 Å². The lowest BCUT2D eigenvalue weighted by Crippen LogP contribution is -2.40. The quantitative estimate of drug-likeness (QED) is 0.430. The molecule has 2 aromatic rings. The topological polar surface area (TPSA) is 124 Å². The Bertz CT molecular complexity index is 1190. The number of carbonyl (C=O) groups excluding carboxylic acids is 2. The van der Waals surface area contributed by atoms with Gasteiger partial charge < -0.3 is 9.47 Å². The average Bonchev–Trinajstić information content (AvgIpc) is 2.93. The number of esters is 2. The van der Waals surface area contributed by atoms with Crippen LogP contribution in [0.5, 0.6) is 0 Å². The average molecular weight is 453 g/mol. The number of rotatable bonds is 8. The predicted octanol–water partition coefficient (Wildman–Crippen LogP) is 0.869. The predicted molar refractivity (Wildman–Crippen MR) is 117 cm³/mol. The molecule has 2 heterocycles. The van der Waals surface area contributed by atoms with E-state index in [0.717, 1.165) is 13.7 Å². The molecule has 0 aliphatic rings. The van der Waals surface area contributed by atoms with Crippen LogP contribution in [-0.4, -0.2) is 36.3 Å². The van der Waals surface area contributed by atoms with E-state index in [-0.39, 0.29) is 29.8 Å². The number of hydrogen-bond donors (Lipinski definition) is 0. The van der Waals surface area contributed by atoms with Gasteiger partial charge in [0.25, 0.3) is 5.56 Å². The first-order valence-corrected chi connectivity index (χ1v) is 10.5. The normalized spacial score (nSPS) is 12.7. The Morgan fingerprint density at radius 3 is 2.12 bits per heavy atom. The minimum absolute atomic E-state index is 0.0530. The van der Waals surface area contributed by atoms with Gasteiger partial charge in [-0.1, -0.05) is 0 Å². The van der Waals surface area contributed by atoms with E-state index < -0.39 is 35.1 Å². The number of imidazole rings is 1. The molecule has 2 rings (SSSR count). The molecule has 2 aromatic heterocycles. The van der Waals surface area contributed by atoms with Crippen molar-refractivity contribution >= 4 is 23.1 Å². The van der Waals surface area contributed by atoms with Gasteiger partial charge in [0.05, 0.1) is 11.5 Å². The van der Waals surface area contributed by atoms with Gasteiger partial charge in [0.15, 0.2) is 17.9 Å². The van der Waals surface area contributed by atoms with Crippen LogP contribution in [0.4, 0.5) is 0 Å². The van der Waals surface area contributed by atoms with Crippen molar-refractivity contribution in [1.82, 2.24) is 18.3 Å². The van der Waals surface area contributed by atoms with Crippen molar-refractivity contribution in [3.8, 4) is 0 Å². The summed E-state index contributed by atoms with van der Waals surface area (Å²) in [4.78, 5) is 61.8. The van der Waals surface area contributed by atoms with Crippen molar-refractivity contribution in [3.63, 3.8) is 0 Å². The lowest BCUT2D eigenvalue weighted by molar-refractivity contribution is -0.157. The fraction of sp³-hybridized carbons (Fsp3) is 0.667. The van der Waals surface area contributed by atoms with E-state index >= 15 is 0 Å². The fourth-order valence-corrected chi connectivity index (χ4v) is 3.41. The molecule has 0 spiro atoms. The molecule has 0 saturated carbocycles. The Kier molecular flexibility index (Phi) is 7.53. The number of unbranched alkanes of at least 4 members (excludes halogenated alkanes) is 1. The van der Waals surface area contributed by atoms with Crippen LogP contribution in [0, 0.1) is 5.41 Å². The van der Waals surface area contributed by atoms with Crippen LogP contribution in [0.3, 0.4) is 0 Å². The molecule has 1 atom stereocenters. The molecule has 0 bridgehead atoms. The van der Waals surface area contributed by atoms with Crippen LogP contribution >= 0.6 is 0 Å². The molecule has 0 amide bonds. The largest absolute Gasteiger partial charge is 0.463 e. The minimum atomic E-state index is -0.764. The van der Waals surface area contributed by atoms with Crippen LogP contribution < -0.4 is 16.9 Å². The number of aryl methyl sites for hydroxylation is 2. The summed E-state index contributed by atoms with van der Waals surface area (Å²) >= 11 is 0. The number of fused-ring (bicyclic) bond motifs is 1. The Labute approximate surface area is 185 Å². The summed E-state index contributed by atoms with van der Waals surface area (Å²) in [6.45, 7) is 7.93. The summed E-state index contributed by atoms with van der Waals surface area (Å²) in [5, 5.41) is 0. The molecular formula is C21H32N4O7. The Morgan fingerprint density at radius 1 is 0.969 bits per heavy atom. The second kappa shape index (κ2) is 9.58. The third kappa shape index (κ3) is 5.20. The number of aromatic nitrogens is 4. The van der Waals surface area contributed by atoms with Crippen LogP contribution in [0.1, 0.15) is 53.9 Å². The number of nitrogens with zero attached hydrogens (tertiary/aromatic N) is 4. The molecule has 178 valence electrons. The highest BCUT2D eigenvalue weighted by Crippen LogP contribution is 2.16. The highest BCUT2D eigenvalue weighted by molar-refractivity contribution is 5.75. The summed E-state index contributed by atoms with van der Waals surface area (Å²) in [5.41, 5.74) is -2.35. The molecule has 0 fully saturated rings. The standard InChI is InChI=1S/C21H32N4O7/c1-13(32-14(2)26)10-8-9-11-24-17(27)15-16(23(7)20(24)30)25(19(29)22(15)6)12-31-18(28)21(3,4)5/h13H,8-12H2,1-7H3. The zero-order valence-electron chi connectivity index (χ0n) is 19.8. The Hall–Kier alpha value is -3.11. The maximum absolute atomic E-state index is 13.1. The van der Waals surface area contributed by atoms with Crippen LogP contribution in [0.2, 0.25) is 0 Å². The molecule has 0 radical (unpaired) electrons. The summed E-state index contributed by atoms with van der Waals surface area (Å²) in [6, 6.07) is 0. The molecule has 0 aliphatic carbocycles. The maximum Gasteiger partial charge on any atom is 0.332 e. The second-order valence-electron chi connectivity index (χ2n) is 8.97. The second-order valence-corrected chi connectivity index (χ2v) is 8.97. The van der Waals surface area contributed by atoms with Gasteiger partial charge in [-0.3, -0.25) is 28.1 Å². The monoisotopic (exact) mass is 452 g/mol. The zero-order valence-corrected chi connectivity index (χ0v) is 19.8. The summed E-state index contributed by atoms with van der Waals surface area (Å²) < 4.78 is 14.9. The van der Waals surface area contributed by atoms with Gasteiger partial charge in [0.2, 0.25) is 0 Å². The minimum Gasteiger partial charge on any atom is -0.463 e. The molecule has 0 N–H and O–H groups in total. The molecule has 32 heavy (non-hydrogen) atoms. The van der Waals surface area contributed by atoms with E-state index in [1.54, 1.807) is 27.7 Å². The van der Waals surface area contributed by atoms with Gasteiger partial charge in [0, 0.05) is 27.6 Å². The van der Waals surface area contributed by atoms with Crippen LogP contribution in [0.25, 0.3) is 11.2 Å². The lowest BCUT2D eigenvalue weighted by atomic mass is 9.98. The van der Waals surface area contributed by atoms with Crippen molar-refractivity contribution in [3.05, 3.63) is 31.3 Å². The highest BCUT2D eigenvalue weighted by atomic mass is 16.5. The first-order valence-electron chi connectivity index (χ1n) is 10.5. The molecule has 0 aromatic carbocycles. The van der Waals surface area contributed by atoms with Gasteiger partial charge in [-0.15, -0.1) is 0 Å². The van der Waals surface area contributed by atoms with E-state index in [4.69, 9.17) is 9.47 Å². The SMILES string of the molecule is CC(=O)OC(C)CCCCn1c(=O)c2c(n(C)c1=O)n(COC(=O)C(C)(C)C)c(=O)n2C. The van der Waals surface area contributed by atoms with Crippen LogP contribution in [-0.2, 0) is 46.4 Å². The zero-order chi connectivity index (χ0) is 24.4. The fourth-order valence-electron chi connectivity index (χ4n) is 3.41.